The van der Waals surface area contributed by atoms with E-state index in [0.29, 0.717) is 0 Å². The van der Waals surface area contributed by atoms with Gasteiger partial charge in [0, 0.05) is 12.4 Å². The first-order valence-electron chi connectivity index (χ1n) is 2.08. The topological polar surface area (TPSA) is 15.8 Å². The molecule has 0 saturated carbocycles. The fourth-order valence-corrected chi connectivity index (χ4v) is 0.278. The van der Waals surface area contributed by atoms with Crippen LogP contribution in [0.25, 0.3) is 0 Å². The Morgan fingerprint density at radius 1 is 1.00 bits per heavy atom. The second-order valence-electron chi connectivity index (χ2n) is 0.885. The summed E-state index contributed by atoms with van der Waals surface area (Å²) >= 11 is 0. The highest BCUT2D eigenvalue weighted by Crippen LogP contribution is 1.72. The number of nitrogens with one attached hydrogen (secondary N) is 1. The van der Waals surface area contributed by atoms with Gasteiger partial charge < -0.3 is 4.98 Å². The average molecular weight is 95.1 g/mol. The van der Waals surface area contributed by atoms with Gasteiger partial charge in [-0.2, -0.15) is 0 Å². The first-order valence-corrected chi connectivity index (χ1v) is 2.08. The molecule has 0 unspecified atom stereocenters. The fourth-order valence-electron chi connectivity index (χ4n) is 0.278. The molecule has 1 nitrogen and oxygen atoms in total. The first-order chi connectivity index (χ1) is 3.50. The summed E-state index contributed by atoms with van der Waals surface area (Å²) in [5.74, 6) is 0. The largest absolute Gasteiger partial charge is 0.368 e. The minimum Gasteiger partial charge on any atom is -0.368 e. The number of H-pyrrole nitrogens is 1. The van der Waals surface area contributed by atoms with Gasteiger partial charge in [0.1, 0.15) is 0 Å². The van der Waals surface area contributed by atoms with Gasteiger partial charge in [0.2, 0.25) is 0 Å². The van der Waals surface area contributed by atoms with Gasteiger partial charge in [-0.15, -0.1) is 13.2 Å². The van der Waals surface area contributed by atoms with Crippen molar-refractivity contribution in [2.75, 3.05) is 0 Å². The molecule has 0 fully saturated rings. The van der Waals surface area contributed by atoms with E-state index in [9.17, 15) is 0 Å². The molecular formula is C6H9N. The maximum Gasteiger partial charge on any atom is 0.000496 e. The van der Waals surface area contributed by atoms with Crippen molar-refractivity contribution >= 4 is 0 Å². The van der Waals surface area contributed by atoms with Gasteiger partial charge in [-0.3, -0.25) is 0 Å². The molecule has 0 aliphatic rings. The van der Waals surface area contributed by atoms with Crippen LogP contribution in [0.15, 0.2) is 37.7 Å². The van der Waals surface area contributed by atoms with Crippen molar-refractivity contribution < 1.29 is 0 Å². The molecular weight excluding hydrogens is 86.1 g/mol. The van der Waals surface area contributed by atoms with Gasteiger partial charge in [0.15, 0.2) is 0 Å². The van der Waals surface area contributed by atoms with E-state index in [0.717, 1.165) is 0 Å². The molecule has 1 N–H and O–H groups in total. The molecule has 7 heavy (non-hydrogen) atoms. The van der Waals surface area contributed by atoms with E-state index in [-0.39, 0.29) is 0 Å². The molecule has 1 aromatic rings. The lowest BCUT2D eigenvalue weighted by atomic mass is 10.7. The maximum absolute atomic E-state index is 3.00. The standard InChI is InChI=1S/C4H5N.C2H4/c1-2-4-5-3-1;1-2/h1-5H;1-2H2. The maximum atomic E-state index is 3.00. The number of aromatic nitrogens is 1. The van der Waals surface area contributed by atoms with Crippen molar-refractivity contribution in [3.8, 4) is 0 Å². The van der Waals surface area contributed by atoms with Crippen molar-refractivity contribution in [1.29, 1.82) is 0 Å². The van der Waals surface area contributed by atoms with Crippen LogP contribution in [0.3, 0.4) is 0 Å². The molecule has 0 radical (unpaired) electrons. The van der Waals surface area contributed by atoms with Gasteiger partial charge in [-0.25, -0.2) is 0 Å². The first kappa shape index (κ1) is 6.02. The highest BCUT2D eigenvalue weighted by Gasteiger charge is 1.55. The number of hydrogen-bond acceptors (Lipinski definition) is 0. The summed E-state index contributed by atoms with van der Waals surface area (Å²) in [7, 11) is 0. The third kappa shape index (κ3) is 2.83. The Labute approximate surface area is 43.7 Å². The third-order valence-electron chi connectivity index (χ3n) is 0.496. The zero-order valence-corrected chi connectivity index (χ0v) is 4.22. The highest BCUT2D eigenvalue weighted by atomic mass is 14.6. The van der Waals surface area contributed by atoms with Crippen LogP contribution in [0.4, 0.5) is 0 Å². The monoisotopic (exact) mass is 95.1 g/mol. The van der Waals surface area contributed by atoms with Crippen molar-refractivity contribution in [2.45, 2.75) is 0 Å². The Morgan fingerprint density at radius 3 is 1.57 bits per heavy atom. The van der Waals surface area contributed by atoms with Crippen LogP contribution in [0.1, 0.15) is 0 Å². The van der Waals surface area contributed by atoms with Crippen LogP contribution < -0.4 is 0 Å². The molecule has 1 heterocycles. The van der Waals surface area contributed by atoms with Gasteiger partial charge in [-0.05, 0) is 12.1 Å². The summed E-state index contributed by atoms with van der Waals surface area (Å²) in [4.78, 5) is 2.86. The van der Waals surface area contributed by atoms with Crippen LogP contribution in [-0.2, 0) is 0 Å². The molecule has 38 valence electrons. The molecule has 0 aliphatic carbocycles. The molecule has 1 aromatic heterocycles. The summed E-state index contributed by atoms with van der Waals surface area (Å²) in [5, 5.41) is 0. The van der Waals surface area contributed by atoms with Crippen LogP contribution >= 0.6 is 0 Å². The average Bonchev–Trinajstić information content (AvgIpc) is 2.23. The third-order valence-corrected chi connectivity index (χ3v) is 0.496. The zero-order chi connectivity index (χ0) is 5.54. The van der Waals surface area contributed by atoms with E-state index in [1.54, 1.807) is 0 Å². The van der Waals surface area contributed by atoms with Crippen molar-refractivity contribution in [2.24, 2.45) is 0 Å². The zero-order valence-electron chi connectivity index (χ0n) is 4.22. The van der Waals surface area contributed by atoms with E-state index in [1.807, 2.05) is 24.5 Å². The summed E-state index contributed by atoms with van der Waals surface area (Å²) in [6.07, 6.45) is 3.75. The molecule has 0 atom stereocenters. The highest BCUT2D eigenvalue weighted by molar-refractivity contribution is 4.84. The van der Waals surface area contributed by atoms with Gasteiger partial charge >= 0.3 is 0 Å². The van der Waals surface area contributed by atoms with E-state index < -0.39 is 0 Å². The minimum absolute atomic E-state index is 1.88. The second-order valence-corrected chi connectivity index (χ2v) is 0.885. The molecule has 0 amide bonds. The van der Waals surface area contributed by atoms with E-state index in [1.165, 1.54) is 0 Å². The fraction of sp³-hybridized carbons (Fsp3) is 0. The Bertz CT molecular complexity index is 71.1. The summed E-state index contributed by atoms with van der Waals surface area (Å²) < 4.78 is 0. The van der Waals surface area contributed by atoms with Gasteiger partial charge in [-0.1, -0.05) is 0 Å². The van der Waals surface area contributed by atoms with Gasteiger partial charge in [0.05, 0.1) is 0 Å². The Hall–Kier alpha value is -0.980. The summed E-state index contributed by atoms with van der Waals surface area (Å²) in [5.41, 5.74) is 0. The number of aromatic amines is 1. The molecule has 0 aromatic carbocycles. The van der Waals surface area contributed by atoms with E-state index in [2.05, 4.69) is 18.1 Å². The van der Waals surface area contributed by atoms with Crippen LogP contribution in [-0.4, -0.2) is 4.98 Å². The van der Waals surface area contributed by atoms with E-state index in [4.69, 9.17) is 0 Å². The predicted octanol–water partition coefficient (Wildman–Crippen LogP) is 1.82. The van der Waals surface area contributed by atoms with E-state index >= 15 is 0 Å². The minimum atomic E-state index is 1.88. The lowest BCUT2D eigenvalue weighted by molar-refractivity contribution is 1.42. The molecule has 0 spiro atoms. The molecule has 1 heteroatoms. The Kier molecular flexibility index (Phi) is 4.32. The number of hydrogen-bond donors (Lipinski definition) is 1. The molecule has 0 bridgehead atoms. The molecule has 0 saturated heterocycles. The van der Waals surface area contributed by atoms with Gasteiger partial charge in [0.25, 0.3) is 0 Å². The Morgan fingerprint density at radius 2 is 1.43 bits per heavy atom. The summed E-state index contributed by atoms with van der Waals surface area (Å²) in [6.45, 7) is 6.00. The SMILES string of the molecule is C=C.c1cc[nH]c1. The van der Waals surface area contributed by atoms with Crippen LogP contribution in [0, 0.1) is 0 Å². The normalized spacial score (nSPS) is 6.29. The van der Waals surface area contributed by atoms with Crippen LogP contribution in [0.5, 0.6) is 0 Å². The smallest absolute Gasteiger partial charge is 0.000496 e. The lowest BCUT2D eigenvalue weighted by Crippen LogP contribution is -1.38. The molecule has 1 rings (SSSR count). The van der Waals surface area contributed by atoms with Crippen LogP contribution in [0.2, 0.25) is 0 Å². The molecule has 0 aliphatic heterocycles. The predicted molar refractivity (Wildman–Crippen MR) is 32.0 cm³/mol. The summed E-state index contributed by atoms with van der Waals surface area (Å²) in [6, 6.07) is 3.89. The second kappa shape index (κ2) is 5.02. The Balaban J connectivity index is 0.000000162. The van der Waals surface area contributed by atoms with Crippen molar-refractivity contribution in [3.05, 3.63) is 37.7 Å². The quantitative estimate of drug-likeness (QED) is 0.473. The lowest BCUT2D eigenvalue weighted by Gasteiger charge is -1.49. The van der Waals surface area contributed by atoms with Crippen molar-refractivity contribution in [1.82, 2.24) is 4.98 Å². The number of rotatable bonds is 0. The van der Waals surface area contributed by atoms with Crippen molar-refractivity contribution in [3.63, 3.8) is 0 Å².